The molecule has 0 saturated heterocycles. The molecule has 1 rings (SSSR count). The van der Waals surface area contributed by atoms with Gasteiger partial charge in [-0.1, -0.05) is 15.9 Å². The summed E-state index contributed by atoms with van der Waals surface area (Å²) in [6.07, 6.45) is -2.96. The fraction of sp³-hybridized carbons (Fsp3) is 0.286. The molecule has 0 aliphatic heterocycles. The van der Waals surface area contributed by atoms with E-state index in [1.54, 1.807) is 0 Å². The van der Waals surface area contributed by atoms with E-state index in [4.69, 9.17) is 0 Å². The maximum absolute atomic E-state index is 12.8. The maximum Gasteiger partial charge on any atom is 0.280 e. The summed E-state index contributed by atoms with van der Waals surface area (Å²) in [4.78, 5) is 2.92. The van der Waals surface area contributed by atoms with Crippen molar-refractivity contribution in [3.8, 4) is 0 Å². The number of nitrogens with zero attached hydrogens (tertiary/aromatic N) is 1. The summed E-state index contributed by atoms with van der Waals surface area (Å²) in [5, 5.41) is -0.0960. The van der Waals surface area contributed by atoms with Crippen LogP contribution in [-0.2, 0) is 5.33 Å². The van der Waals surface area contributed by atoms with Gasteiger partial charge in [0.05, 0.1) is 5.56 Å². The van der Waals surface area contributed by atoms with Crippen LogP contribution < -0.4 is 0 Å². The molecule has 72 valence electrons. The summed E-state index contributed by atoms with van der Waals surface area (Å²) < 4.78 is 49.5. The van der Waals surface area contributed by atoms with Crippen molar-refractivity contribution in [1.82, 2.24) is 4.98 Å². The molecule has 0 spiro atoms. The van der Waals surface area contributed by atoms with Gasteiger partial charge in [0.25, 0.3) is 6.43 Å². The summed E-state index contributed by atoms with van der Waals surface area (Å²) in [6, 6.07) is 0.532. The van der Waals surface area contributed by atoms with Gasteiger partial charge in [-0.25, -0.2) is 18.2 Å². The second kappa shape index (κ2) is 4.04. The second-order valence-electron chi connectivity index (χ2n) is 2.23. The molecule has 0 unspecified atom stereocenters. The Morgan fingerprint density at radius 3 is 2.38 bits per heavy atom. The number of rotatable bonds is 2. The van der Waals surface area contributed by atoms with E-state index >= 15 is 0 Å². The summed E-state index contributed by atoms with van der Waals surface area (Å²) in [7, 11) is 0. The zero-order chi connectivity index (χ0) is 10.0. The Kier molecular flexibility index (Phi) is 3.24. The van der Waals surface area contributed by atoms with E-state index in [2.05, 4.69) is 20.9 Å². The Morgan fingerprint density at radius 1 is 1.38 bits per heavy atom. The molecule has 0 saturated carbocycles. The Balaban J connectivity index is 3.20. The summed E-state index contributed by atoms with van der Waals surface area (Å²) in [5.74, 6) is -2.22. The third-order valence-electron chi connectivity index (χ3n) is 1.40. The SMILES string of the molecule is Fc1cc(C(F)F)nc(F)c1CBr. The largest absolute Gasteiger partial charge is 0.280 e. The highest BCUT2D eigenvalue weighted by Gasteiger charge is 2.16. The minimum Gasteiger partial charge on any atom is -0.218 e. The van der Waals surface area contributed by atoms with Crippen molar-refractivity contribution in [3.05, 3.63) is 29.1 Å². The summed E-state index contributed by atoms with van der Waals surface area (Å²) in [5.41, 5.74) is -1.23. The van der Waals surface area contributed by atoms with E-state index in [0.717, 1.165) is 0 Å². The van der Waals surface area contributed by atoms with Crippen molar-refractivity contribution in [2.75, 3.05) is 0 Å². The molecule has 6 heteroatoms. The van der Waals surface area contributed by atoms with Gasteiger partial charge in [0.2, 0.25) is 5.95 Å². The standard InChI is InChI=1S/C7H4BrF4N/c8-2-3-4(9)1-5(6(10)11)13-7(3)12/h1,6H,2H2. The number of pyridine rings is 1. The van der Waals surface area contributed by atoms with Gasteiger partial charge in [0.1, 0.15) is 11.5 Å². The molecule has 1 aromatic rings. The van der Waals surface area contributed by atoms with Crippen molar-refractivity contribution in [1.29, 1.82) is 0 Å². The average Bonchev–Trinajstić information content (AvgIpc) is 2.03. The molecule has 0 aromatic carbocycles. The van der Waals surface area contributed by atoms with Crippen molar-refractivity contribution < 1.29 is 17.6 Å². The first-order valence-electron chi connectivity index (χ1n) is 3.25. The number of halogens is 5. The monoisotopic (exact) mass is 257 g/mol. The maximum atomic E-state index is 12.8. The van der Waals surface area contributed by atoms with E-state index in [-0.39, 0.29) is 10.9 Å². The highest BCUT2D eigenvalue weighted by atomic mass is 79.9. The predicted molar refractivity (Wildman–Crippen MR) is 41.7 cm³/mol. The zero-order valence-corrected chi connectivity index (χ0v) is 7.78. The molecular weight excluding hydrogens is 254 g/mol. The van der Waals surface area contributed by atoms with Crippen LogP contribution in [0.3, 0.4) is 0 Å². The third-order valence-corrected chi connectivity index (χ3v) is 1.96. The molecule has 1 nitrogen and oxygen atoms in total. The normalized spacial score (nSPS) is 10.9. The number of aromatic nitrogens is 1. The molecule has 0 amide bonds. The van der Waals surface area contributed by atoms with E-state index in [9.17, 15) is 17.6 Å². The van der Waals surface area contributed by atoms with Gasteiger partial charge in [-0.15, -0.1) is 0 Å². The molecule has 1 aromatic heterocycles. The van der Waals surface area contributed by atoms with Crippen LogP contribution in [0.4, 0.5) is 17.6 Å². The smallest absolute Gasteiger partial charge is 0.218 e. The van der Waals surface area contributed by atoms with Crippen molar-refractivity contribution in [2.45, 2.75) is 11.8 Å². The van der Waals surface area contributed by atoms with E-state index in [0.29, 0.717) is 6.07 Å². The lowest BCUT2D eigenvalue weighted by Gasteiger charge is -2.03. The van der Waals surface area contributed by atoms with Crippen LogP contribution in [0, 0.1) is 11.8 Å². The second-order valence-corrected chi connectivity index (χ2v) is 2.79. The lowest BCUT2D eigenvalue weighted by Crippen LogP contribution is -2.01. The van der Waals surface area contributed by atoms with Gasteiger partial charge in [-0.3, -0.25) is 0 Å². The van der Waals surface area contributed by atoms with Crippen molar-refractivity contribution in [3.63, 3.8) is 0 Å². The quantitative estimate of drug-likeness (QED) is 0.451. The van der Waals surface area contributed by atoms with Gasteiger partial charge in [0, 0.05) is 11.4 Å². The van der Waals surface area contributed by atoms with E-state index in [1.165, 1.54) is 0 Å². The van der Waals surface area contributed by atoms with Gasteiger partial charge in [-0.2, -0.15) is 4.39 Å². The van der Waals surface area contributed by atoms with E-state index in [1.807, 2.05) is 0 Å². The minimum atomic E-state index is -2.96. The summed E-state index contributed by atoms with van der Waals surface area (Å²) in [6.45, 7) is 0. The first-order valence-corrected chi connectivity index (χ1v) is 4.37. The molecule has 0 aliphatic carbocycles. The molecule has 13 heavy (non-hydrogen) atoms. The molecule has 0 bridgehead atoms. The molecule has 1 heterocycles. The van der Waals surface area contributed by atoms with Crippen molar-refractivity contribution in [2.24, 2.45) is 0 Å². The Hall–Kier alpha value is -0.650. The minimum absolute atomic E-state index is 0.0960. The lowest BCUT2D eigenvalue weighted by atomic mass is 10.2. The Bertz CT molecular complexity index is 292. The molecule has 0 fully saturated rings. The van der Waals surface area contributed by atoms with Crippen molar-refractivity contribution >= 4 is 15.9 Å². The Morgan fingerprint density at radius 2 is 2.00 bits per heavy atom. The fourth-order valence-corrected chi connectivity index (χ4v) is 1.26. The van der Waals surface area contributed by atoms with Crippen LogP contribution in [0.25, 0.3) is 0 Å². The van der Waals surface area contributed by atoms with Crippen LogP contribution in [0.1, 0.15) is 17.7 Å². The third kappa shape index (κ3) is 2.18. The van der Waals surface area contributed by atoms with Crippen LogP contribution in [0.5, 0.6) is 0 Å². The summed E-state index contributed by atoms with van der Waals surface area (Å²) >= 11 is 2.81. The molecule has 0 radical (unpaired) electrons. The van der Waals surface area contributed by atoms with E-state index < -0.39 is 23.9 Å². The molecule has 0 N–H and O–H groups in total. The fourth-order valence-electron chi connectivity index (χ4n) is 0.759. The van der Waals surface area contributed by atoms with Gasteiger partial charge in [-0.05, 0) is 0 Å². The van der Waals surface area contributed by atoms with Crippen LogP contribution in [0.2, 0.25) is 0 Å². The number of alkyl halides is 3. The average molecular weight is 258 g/mol. The lowest BCUT2D eigenvalue weighted by molar-refractivity contribution is 0.144. The van der Waals surface area contributed by atoms with Gasteiger partial charge < -0.3 is 0 Å². The Labute approximate surface area is 79.9 Å². The first-order chi connectivity index (χ1) is 6.06. The number of hydrogen-bond donors (Lipinski definition) is 0. The molecule has 0 atom stereocenters. The van der Waals surface area contributed by atoms with Crippen LogP contribution in [0.15, 0.2) is 6.07 Å². The molecular formula is C7H4BrF4N. The zero-order valence-electron chi connectivity index (χ0n) is 6.20. The highest BCUT2D eigenvalue weighted by molar-refractivity contribution is 9.08. The van der Waals surface area contributed by atoms with Gasteiger partial charge in [0.15, 0.2) is 0 Å². The molecule has 0 aliphatic rings. The highest BCUT2D eigenvalue weighted by Crippen LogP contribution is 2.21. The van der Waals surface area contributed by atoms with Crippen LogP contribution in [-0.4, -0.2) is 4.98 Å². The van der Waals surface area contributed by atoms with Gasteiger partial charge >= 0.3 is 0 Å². The first kappa shape index (κ1) is 10.4. The van der Waals surface area contributed by atoms with Crippen LogP contribution >= 0.6 is 15.9 Å². The topological polar surface area (TPSA) is 12.9 Å². The predicted octanol–water partition coefficient (Wildman–Crippen LogP) is 3.19. The number of hydrogen-bond acceptors (Lipinski definition) is 1.